The van der Waals surface area contributed by atoms with Crippen LogP contribution in [0.5, 0.6) is 0 Å². The number of aliphatic hydroxyl groups excluding tert-OH is 5. The third kappa shape index (κ3) is 5.03. The Labute approximate surface area is 158 Å². The Kier molecular flexibility index (Phi) is 7.32. The second-order valence-electron chi connectivity index (χ2n) is 7.80. The SMILES string of the molecule is CC1=CC(=O)CC(C)(COC2OC(CO)C(O)C(O)C2O)C1C=CC(C)O. The molecule has 0 radical (unpaired) electrons. The maximum atomic E-state index is 12.1. The molecule has 0 amide bonds. The van der Waals surface area contributed by atoms with Crippen LogP contribution in [0, 0.1) is 11.3 Å². The van der Waals surface area contributed by atoms with Crippen molar-refractivity contribution in [3.05, 3.63) is 23.8 Å². The Morgan fingerprint density at radius 3 is 2.59 bits per heavy atom. The van der Waals surface area contributed by atoms with E-state index in [1.54, 1.807) is 19.1 Å². The molecule has 0 aromatic carbocycles. The summed E-state index contributed by atoms with van der Waals surface area (Å²) in [6.45, 7) is 4.82. The van der Waals surface area contributed by atoms with E-state index in [0.29, 0.717) is 0 Å². The highest BCUT2D eigenvalue weighted by atomic mass is 16.7. The Hall–Kier alpha value is -1.13. The van der Waals surface area contributed by atoms with Gasteiger partial charge in [-0.3, -0.25) is 4.79 Å². The van der Waals surface area contributed by atoms with Crippen LogP contribution in [0.4, 0.5) is 0 Å². The van der Waals surface area contributed by atoms with Gasteiger partial charge in [-0.15, -0.1) is 0 Å². The van der Waals surface area contributed by atoms with Gasteiger partial charge in [-0.2, -0.15) is 0 Å². The van der Waals surface area contributed by atoms with E-state index in [4.69, 9.17) is 9.47 Å². The van der Waals surface area contributed by atoms with E-state index in [9.17, 15) is 30.3 Å². The maximum Gasteiger partial charge on any atom is 0.186 e. The highest BCUT2D eigenvalue weighted by Gasteiger charge is 2.46. The molecule has 2 aliphatic rings. The van der Waals surface area contributed by atoms with Crippen LogP contribution in [-0.2, 0) is 14.3 Å². The number of rotatable bonds is 6. The van der Waals surface area contributed by atoms with Crippen LogP contribution in [0.1, 0.15) is 27.2 Å². The molecule has 0 saturated carbocycles. The van der Waals surface area contributed by atoms with Crippen molar-refractivity contribution in [2.24, 2.45) is 11.3 Å². The molecule has 1 aliphatic heterocycles. The summed E-state index contributed by atoms with van der Waals surface area (Å²) >= 11 is 0. The molecule has 1 fully saturated rings. The summed E-state index contributed by atoms with van der Waals surface area (Å²) < 4.78 is 11.1. The molecular weight excluding hydrogens is 356 g/mol. The summed E-state index contributed by atoms with van der Waals surface area (Å²) in [7, 11) is 0. The normalized spacial score (nSPS) is 41.6. The van der Waals surface area contributed by atoms with Gasteiger partial charge in [-0.1, -0.05) is 24.6 Å². The minimum absolute atomic E-state index is 0.0292. The molecule has 0 aromatic rings. The summed E-state index contributed by atoms with van der Waals surface area (Å²) in [5, 5.41) is 48.6. The molecule has 8 atom stereocenters. The smallest absolute Gasteiger partial charge is 0.186 e. The van der Waals surface area contributed by atoms with Gasteiger partial charge in [0.15, 0.2) is 12.1 Å². The fourth-order valence-electron chi connectivity index (χ4n) is 3.73. The summed E-state index contributed by atoms with van der Waals surface area (Å²) in [5.41, 5.74) is 0.183. The van der Waals surface area contributed by atoms with Gasteiger partial charge in [-0.25, -0.2) is 0 Å². The molecule has 154 valence electrons. The Morgan fingerprint density at radius 1 is 1.33 bits per heavy atom. The van der Waals surface area contributed by atoms with Gasteiger partial charge in [-0.05, 0) is 19.9 Å². The molecule has 0 bridgehead atoms. The van der Waals surface area contributed by atoms with Gasteiger partial charge < -0.3 is 35.0 Å². The monoisotopic (exact) mass is 386 g/mol. The number of ketones is 1. The van der Waals surface area contributed by atoms with Crippen molar-refractivity contribution >= 4 is 5.78 Å². The average Bonchev–Trinajstić information content (AvgIpc) is 2.58. The molecule has 1 saturated heterocycles. The standard InChI is InChI=1S/C19H30O8/c1-10-6-12(22)7-19(3,13(10)5-4-11(2)21)9-26-18-17(25)16(24)15(23)14(8-20)27-18/h4-6,11,13-18,20-21,23-25H,7-9H2,1-3H3. The average molecular weight is 386 g/mol. The number of hydrogen-bond acceptors (Lipinski definition) is 8. The maximum absolute atomic E-state index is 12.1. The molecule has 0 spiro atoms. The van der Waals surface area contributed by atoms with Crippen LogP contribution in [0.15, 0.2) is 23.8 Å². The molecule has 27 heavy (non-hydrogen) atoms. The molecule has 2 rings (SSSR count). The van der Waals surface area contributed by atoms with E-state index in [1.807, 2.05) is 19.9 Å². The van der Waals surface area contributed by atoms with Gasteiger partial charge in [0.1, 0.15) is 24.4 Å². The minimum atomic E-state index is -1.52. The van der Waals surface area contributed by atoms with Crippen molar-refractivity contribution in [2.75, 3.05) is 13.2 Å². The molecule has 8 nitrogen and oxygen atoms in total. The summed E-state index contributed by atoms with van der Waals surface area (Å²) in [6, 6.07) is 0. The predicted octanol–water partition coefficient (Wildman–Crippen LogP) is -0.718. The van der Waals surface area contributed by atoms with Crippen molar-refractivity contribution < 1.29 is 39.8 Å². The first-order chi connectivity index (χ1) is 12.6. The molecule has 1 aliphatic carbocycles. The first-order valence-corrected chi connectivity index (χ1v) is 9.08. The van der Waals surface area contributed by atoms with E-state index in [2.05, 4.69) is 0 Å². The van der Waals surface area contributed by atoms with E-state index >= 15 is 0 Å². The highest BCUT2D eigenvalue weighted by molar-refractivity contribution is 5.92. The second kappa shape index (κ2) is 8.91. The zero-order valence-corrected chi connectivity index (χ0v) is 15.9. The van der Waals surface area contributed by atoms with Crippen LogP contribution >= 0.6 is 0 Å². The second-order valence-corrected chi connectivity index (χ2v) is 7.80. The Balaban J connectivity index is 2.15. The van der Waals surface area contributed by atoms with E-state index in [1.165, 1.54) is 0 Å². The lowest BCUT2D eigenvalue weighted by molar-refractivity contribution is -0.306. The first-order valence-electron chi connectivity index (χ1n) is 9.08. The summed E-state index contributed by atoms with van der Waals surface area (Å²) in [5.74, 6) is -0.219. The largest absolute Gasteiger partial charge is 0.394 e. The van der Waals surface area contributed by atoms with Gasteiger partial charge in [0, 0.05) is 17.8 Å². The lowest BCUT2D eigenvalue weighted by atomic mass is 9.67. The van der Waals surface area contributed by atoms with Crippen molar-refractivity contribution in [3.8, 4) is 0 Å². The number of allylic oxidation sites excluding steroid dienone is 3. The van der Waals surface area contributed by atoms with Crippen LogP contribution in [0.3, 0.4) is 0 Å². The van der Waals surface area contributed by atoms with Gasteiger partial charge >= 0.3 is 0 Å². The first kappa shape index (κ1) is 22.2. The van der Waals surface area contributed by atoms with Gasteiger partial charge in [0.05, 0.1) is 19.3 Å². The van der Waals surface area contributed by atoms with Crippen molar-refractivity contribution in [1.29, 1.82) is 0 Å². The molecular formula is C19H30O8. The fraction of sp³-hybridized carbons (Fsp3) is 0.737. The number of carbonyl (C=O) groups is 1. The van der Waals surface area contributed by atoms with Crippen molar-refractivity contribution in [2.45, 2.75) is 64.0 Å². The topological polar surface area (TPSA) is 137 Å². The molecule has 5 N–H and O–H groups in total. The fourth-order valence-corrected chi connectivity index (χ4v) is 3.73. The molecule has 8 heteroatoms. The van der Waals surface area contributed by atoms with Crippen molar-refractivity contribution in [3.63, 3.8) is 0 Å². The Bertz CT molecular complexity index is 584. The highest BCUT2D eigenvalue weighted by Crippen LogP contribution is 2.42. The zero-order chi connectivity index (χ0) is 20.4. The van der Waals surface area contributed by atoms with Gasteiger partial charge in [0.25, 0.3) is 0 Å². The van der Waals surface area contributed by atoms with E-state index < -0.39 is 48.8 Å². The third-order valence-corrected chi connectivity index (χ3v) is 5.22. The zero-order valence-electron chi connectivity index (χ0n) is 15.9. The van der Waals surface area contributed by atoms with Crippen LogP contribution < -0.4 is 0 Å². The molecule has 1 heterocycles. The van der Waals surface area contributed by atoms with Gasteiger partial charge in [0.2, 0.25) is 0 Å². The number of ether oxygens (including phenoxy) is 2. The number of aliphatic hydroxyl groups is 5. The van der Waals surface area contributed by atoms with E-state index in [0.717, 1.165) is 5.57 Å². The van der Waals surface area contributed by atoms with Crippen LogP contribution in [-0.4, -0.2) is 81.3 Å². The van der Waals surface area contributed by atoms with E-state index in [-0.39, 0.29) is 24.7 Å². The summed E-state index contributed by atoms with van der Waals surface area (Å²) in [6.07, 6.45) is -2.15. The third-order valence-electron chi connectivity index (χ3n) is 5.22. The quantitative estimate of drug-likeness (QED) is 0.377. The Morgan fingerprint density at radius 2 is 2.00 bits per heavy atom. The number of carbonyl (C=O) groups excluding carboxylic acids is 1. The lowest BCUT2D eigenvalue weighted by Crippen LogP contribution is -2.59. The van der Waals surface area contributed by atoms with Crippen LogP contribution in [0.2, 0.25) is 0 Å². The lowest BCUT2D eigenvalue weighted by Gasteiger charge is -2.43. The summed E-state index contributed by atoms with van der Waals surface area (Å²) in [4.78, 5) is 12.1. The predicted molar refractivity (Wildman–Crippen MR) is 95.5 cm³/mol. The molecule has 8 unspecified atom stereocenters. The minimum Gasteiger partial charge on any atom is -0.394 e. The number of hydrogen-bond donors (Lipinski definition) is 5. The van der Waals surface area contributed by atoms with Crippen molar-refractivity contribution in [1.82, 2.24) is 0 Å². The van der Waals surface area contributed by atoms with Crippen LogP contribution in [0.25, 0.3) is 0 Å². The molecule has 0 aromatic heterocycles.